The van der Waals surface area contributed by atoms with Crippen LogP contribution in [0.15, 0.2) is 0 Å². The molecule has 0 amide bonds. The molecule has 3 nitrogen and oxygen atoms in total. The number of piperidine rings is 1. The van der Waals surface area contributed by atoms with Gasteiger partial charge >= 0.3 is 0 Å². The van der Waals surface area contributed by atoms with Gasteiger partial charge in [0, 0.05) is 38.8 Å². The molecule has 0 aromatic heterocycles. The molecule has 0 spiro atoms. The number of hydrogen-bond acceptors (Lipinski definition) is 3. The molecule has 20 heavy (non-hydrogen) atoms. The molecule has 3 heteroatoms. The van der Waals surface area contributed by atoms with E-state index in [1.165, 1.54) is 64.7 Å². The van der Waals surface area contributed by atoms with E-state index in [0.717, 1.165) is 0 Å². The molecule has 2 fully saturated rings. The second kappa shape index (κ2) is 6.76. The SMILES string of the molecule is COC1CCN(CC2(CNC(C)(C)C)CCCC2)CC1. The predicted octanol–water partition coefficient (Wildman–Crippen LogP) is 3.05. The second-order valence-corrected chi connectivity index (χ2v) is 8.02. The lowest BCUT2D eigenvalue weighted by atomic mass is 9.84. The van der Waals surface area contributed by atoms with Gasteiger partial charge in [-0.2, -0.15) is 0 Å². The Bertz CT molecular complexity index is 284. The van der Waals surface area contributed by atoms with Crippen molar-refractivity contribution in [2.24, 2.45) is 5.41 Å². The Kier molecular flexibility index (Phi) is 5.49. The smallest absolute Gasteiger partial charge is 0.0595 e. The van der Waals surface area contributed by atoms with Crippen molar-refractivity contribution in [1.82, 2.24) is 10.2 Å². The molecule has 1 heterocycles. The fraction of sp³-hybridized carbons (Fsp3) is 1.00. The van der Waals surface area contributed by atoms with Crippen molar-refractivity contribution >= 4 is 0 Å². The Hall–Kier alpha value is -0.120. The van der Waals surface area contributed by atoms with Crippen molar-refractivity contribution in [3.05, 3.63) is 0 Å². The summed E-state index contributed by atoms with van der Waals surface area (Å²) in [7, 11) is 1.85. The molecule has 1 N–H and O–H groups in total. The van der Waals surface area contributed by atoms with Gasteiger partial charge in [0.05, 0.1) is 6.10 Å². The van der Waals surface area contributed by atoms with Gasteiger partial charge in [-0.3, -0.25) is 0 Å². The number of ether oxygens (including phenoxy) is 1. The quantitative estimate of drug-likeness (QED) is 0.839. The summed E-state index contributed by atoms with van der Waals surface area (Å²) in [6.45, 7) is 11.7. The molecule has 1 aliphatic heterocycles. The van der Waals surface area contributed by atoms with Crippen molar-refractivity contribution in [2.45, 2.75) is 70.9 Å². The summed E-state index contributed by atoms with van der Waals surface area (Å²) in [4.78, 5) is 2.69. The molecular formula is C17H34N2O. The number of methoxy groups -OCH3 is 1. The maximum atomic E-state index is 5.49. The lowest BCUT2D eigenvalue weighted by Crippen LogP contribution is -2.49. The van der Waals surface area contributed by atoms with Crippen LogP contribution in [0.3, 0.4) is 0 Å². The van der Waals surface area contributed by atoms with Crippen LogP contribution in [0, 0.1) is 5.41 Å². The van der Waals surface area contributed by atoms with E-state index < -0.39 is 0 Å². The van der Waals surface area contributed by atoms with Crippen LogP contribution in [0.4, 0.5) is 0 Å². The first-order valence-corrected chi connectivity index (χ1v) is 8.43. The summed E-state index contributed by atoms with van der Waals surface area (Å²) < 4.78 is 5.49. The molecular weight excluding hydrogens is 248 g/mol. The van der Waals surface area contributed by atoms with E-state index >= 15 is 0 Å². The summed E-state index contributed by atoms with van der Waals surface area (Å²) in [6, 6.07) is 0. The van der Waals surface area contributed by atoms with Crippen molar-refractivity contribution in [3.8, 4) is 0 Å². The first-order chi connectivity index (χ1) is 9.42. The monoisotopic (exact) mass is 282 g/mol. The molecule has 0 radical (unpaired) electrons. The number of nitrogens with zero attached hydrogens (tertiary/aromatic N) is 1. The van der Waals surface area contributed by atoms with E-state index in [2.05, 4.69) is 31.0 Å². The summed E-state index contributed by atoms with van der Waals surface area (Å²) >= 11 is 0. The first kappa shape index (κ1) is 16.3. The summed E-state index contributed by atoms with van der Waals surface area (Å²) in [6.07, 6.45) is 8.55. The minimum atomic E-state index is 0.235. The summed E-state index contributed by atoms with van der Waals surface area (Å²) in [5.41, 5.74) is 0.756. The number of rotatable bonds is 5. The maximum Gasteiger partial charge on any atom is 0.0595 e. The Morgan fingerprint density at radius 1 is 1.15 bits per heavy atom. The van der Waals surface area contributed by atoms with Crippen molar-refractivity contribution in [3.63, 3.8) is 0 Å². The van der Waals surface area contributed by atoms with Crippen LogP contribution in [0.1, 0.15) is 59.3 Å². The molecule has 0 unspecified atom stereocenters. The molecule has 0 bridgehead atoms. The Morgan fingerprint density at radius 2 is 1.75 bits per heavy atom. The highest BCUT2D eigenvalue weighted by Crippen LogP contribution is 2.39. The Balaban J connectivity index is 1.86. The fourth-order valence-corrected chi connectivity index (χ4v) is 3.75. The topological polar surface area (TPSA) is 24.5 Å². The highest BCUT2D eigenvalue weighted by atomic mass is 16.5. The van der Waals surface area contributed by atoms with Gasteiger partial charge in [-0.25, -0.2) is 0 Å². The van der Waals surface area contributed by atoms with Gasteiger partial charge in [0.1, 0.15) is 0 Å². The Labute approximate surface area is 125 Å². The third-order valence-corrected chi connectivity index (χ3v) is 5.08. The molecule has 0 atom stereocenters. The lowest BCUT2D eigenvalue weighted by Gasteiger charge is -2.40. The molecule has 118 valence electrons. The summed E-state index contributed by atoms with van der Waals surface area (Å²) in [5, 5.41) is 3.76. The molecule has 0 aromatic carbocycles. The molecule has 1 aliphatic carbocycles. The molecule has 1 saturated heterocycles. The van der Waals surface area contributed by atoms with E-state index in [1.807, 2.05) is 7.11 Å². The van der Waals surface area contributed by atoms with Crippen LogP contribution < -0.4 is 5.32 Å². The lowest BCUT2D eigenvalue weighted by molar-refractivity contribution is 0.0256. The second-order valence-electron chi connectivity index (χ2n) is 8.02. The Morgan fingerprint density at radius 3 is 2.25 bits per heavy atom. The zero-order valence-corrected chi connectivity index (χ0v) is 14.0. The van der Waals surface area contributed by atoms with E-state index in [4.69, 9.17) is 4.74 Å². The van der Waals surface area contributed by atoms with Gasteiger partial charge in [0.25, 0.3) is 0 Å². The number of likely N-dealkylation sites (tertiary alicyclic amines) is 1. The predicted molar refractivity (Wildman–Crippen MR) is 85.1 cm³/mol. The van der Waals surface area contributed by atoms with Crippen molar-refractivity contribution < 1.29 is 4.74 Å². The largest absolute Gasteiger partial charge is 0.381 e. The normalized spacial score (nSPS) is 25.2. The molecule has 2 rings (SSSR count). The maximum absolute atomic E-state index is 5.49. The van der Waals surface area contributed by atoms with Gasteiger partial charge in [-0.15, -0.1) is 0 Å². The zero-order chi connectivity index (χ0) is 14.6. The van der Waals surface area contributed by atoms with E-state index in [9.17, 15) is 0 Å². The average Bonchev–Trinajstić information content (AvgIpc) is 2.86. The summed E-state index contributed by atoms with van der Waals surface area (Å²) in [5.74, 6) is 0. The fourth-order valence-electron chi connectivity index (χ4n) is 3.75. The van der Waals surface area contributed by atoms with E-state index in [-0.39, 0.29) is 5.54 Å². The van der Waals surface area contributed by atoms with Gasteiger partial charge in [-0.1, -0.05) is 12.8 Å². The van der Waals surface area contributed by atoms with Gasteiger partial charge in [0.2, 0.25) is 0 Å². The number of hydrogen-bond donors (Lipinski definition) is 1. The minimum Gasteiger partial charge on any atom is -0.381 e. The van der Waals surface area contributed by atoms with Gasteiger partial charge < -0.3 is 15.0 Å². The molecule has 1 saturated carbocycles. The van der Waals surface area contributed by atoms with E-state index in [0.29, 0.717) is 11.5 Å². The number of nitrogens with one attached hydrogen (secondary N) is 1. The van der Waals surface area contributed by atoms with Gasteiger partial charge in [0.15, 0.2) is 0 Å². The minimum absolute atomic E-state index is 0.235. The molecule has 0 aromatic rings. The first-order valence-electron chi connectivity index (χ1n) is 8.43. The van der Waals surface area contributed by atoms with Crippen molar-refractivity contribution in [1.29, 1.82) is 0 Å². The van der Waals surface area contributed by atoms with Gasteiger partial charge in [-0.05, 0) is 51.9 Å². The van der Waals surface area contributed by atoms with E-state index in [1.54, 1.807) is 0 Å². The van der Waals surface area contributed by atoms with Crippen molar-refractivity contribution in [2.75, 3.05) is 33.3 Å². The van der Waals surface area contributed by atoms with Crippen LogP contribution in [-0.2, 0) is 4.74 Å². The third kappa shape index (κ3) is 4.71. The highest BCUT2D eigenvalue weighted by Gasteiger charge is 2.37. The third-order valence-electron chi connectivity index (χ3n) is 5.08. The average molecular weight is 282 g/mol. The standard InChI is InChI=1S/C17H34N2O/c1-16(2,3)18-13-17(9-5-6-10-17)14-19-11-7-15(20-4)8-12-19/h15,18H,5-14H2,1-4H3. The zero-order valence-electron chi connectivity index (χ0n) is 14.0. The highest BCUT2D eigenvalue weighted by molar-refractivity contribution is 4.92. The van der Waals surface area contributed by atoms with Crippen LogP contribution in [0.25, 0.3) is 0 Å². The van der Waals surface area contributed by atoms with Crippen LogP contribution in [0.5, 0.6) is 0 Å². The van der Waals surface area contributed by atoms with Crippen LogP contribution in [0.2, 0.25) is 0 Å². The van der Waals surface area contributed by atoms with Crippen LogP contribution in [-0.4, -0.2) is 49.8 Å². The molecule has 2 aliphatic rings. The van der Waals surface area contributed by atoms with Crippen LogP contribution >= 0.6 is 0 Å².